The van der Waals surface area contributed by atoms with Crippen LogP contribution < -0.4 is 11.1 Å². The van der Waals surface area contributed by atoms with Gasteiger partial charge >= 0.3 is 0 Å². The van der Waals surface area contributed by atoms with Crippen LogP contribution in [0.3, 0.4) is 0 Å². The smallest absolute Gasteiger partial charge is 0.229 e. The molecule has 0 aliphatic rings. The monoisotopic (exact) mass is 208 g/mol. The third kappa shape index (κ3) is 3.62. The number of nitrogen functional groups attached to an aromatic ring is 1. The summed E-state index contributed by atoms with van der Waals surface area (Å²) in [6.07, 6.45) is 0. The van der Waals surface area contributed by atoms with E-state index in [1.807, 2.05) is 32.9 Å². The van der Waals surface area contributed by atoms with Gasteiger partial charge in [0.25, 0.3) is 0 Å². The minimum Gasteiger partial charge on any atom is -0.397 e. The molecule has 0 radical (unpaired) electrons. The summed E-state index contributed by atoms with van der Waals surface area (Å²) in [7, 11) is 0. The van der Waals surface area contributed by atoms with Gasteiger partial charge in [-0.2, -0.15) is 0 Å². The summed E-state index contributed by atoms with van der Waals surface area (Å²) in [6, 6.07) is 7.23. The summed E-state index contributed by atoms with van der Waals surface area (Å²) >= 11 is 0. The number of benzene rings is 1. The van der Waals surface area contributed by atoms with Crippen molar-refractivity contribution in [2.24, 2.45) is 5.41 Å². The Hall–Kier alpha value is -1.51. The van der Waals surface area contributed by atoms with Crippen molar-refractivity contribution >= 4 is 17.3 Å². The second kappa shape index (κ2) is 4.82. The van der Waals surface area contributed by atoms with Crippen molar-refractivity contribution in [3.63, 3.8) is 0 Å². The van der Waals surface area contributed by atoms with E-state index in [0.717, 1.165) is 0 Å². The van der Waals surface area contributed by atoms with Crippen LogP contribution in [0.25, 0.3) is 0 Å². The maximum Gasteiger partial charge on any atom is 0.229 e. The number of nitrogens with one attached hydrogen (secondary N) is 1. The van der Waals surface area contributed by atoms with E-state index in [9.17, 15) is 4.79 Å². The summed E-state index contributed by atoms with van der Waals surface area (Å²) < 4.78 is 0. The first-order valence-electron chi connectivity index (χ1n) is 4.57. The van der Waals surface area contributed by atoms with Crippen molar-refractivity contribution in [3.8, 4) is 0 Å². The van der Waals surface area contributed by atoms with Gasteiger partial charge in [-0.25, -0.2) is 0 Å². The molecule has 0 bridgehead atoms. The lowest BCUT2D eigenvalue weighted by atomic mass is 9.95. The molecule has 1 aromatic rings. The molecule has 1 aromatic carbocycles. The van der Waals surface area contributed by atoms with Crippen LogP contribution in [-0.2, 0) is 4.79 Å². The van der Waals surface area contributed by atoms with E-state index < -0.39 is 5.41 Å². The Balaban J connectivity index is 0.00000196. The molecule has 0 saturated heterocycles. The van der Waals surface area contributed by atoms with Crippen molar-refractivity contribution in [2.45, 2.75) is 28.2 Å². The van der Waals surface area contributed by atoms with E-state index in [2.05, 4.69) is 5.32 Å². The molecule has 0 unspecified atom stereocenters. The number of amides is 1. The van der Waals surface area contributed by atoms with Crippen molar-refractivity contribution in [1.82, 2.24) is 0 Å². The summed E-state index contributed by atoms with van der Waals surface area (Å²) in [4.78, 5) is 11.6. The number of anilines is 2. The fraction of sp³-hybridized carbons (Fsp3) is 0.417. The van der Waals surface area contributed by atoms with Gasteiger partial charge in [0, 0.05) is 5.41 Å². The Bertz CT molecular complexity index is 340. The molecular weight excluding hydrogens is 188 g/mol. The van der Waals surface area contributed by atoms with E-state index >= 15 is 0 Å². The Labute approximate surface area is 91.7 Å². The number of hydrogen-bond acceptors (Lipinski definition) is 2. The zero-order valence-corrected chi connectivity index (χ0v) is 8.79. The molecule has 0 atom stereocenters. The average Bonchev–Trinajstić information content (AvgIpc) is 2.07. The van der Waals surface area contributed by atoms with Gasteiger partial charge in [0.2, 0.25) is 5.91 Å². The van der Waals surface area contributed by atoms with Gasteiger partial charge in [0.1, 0.15) is 0 Å². The van der Waals surface area contributed by atoms with Crippen LogP contribution in [0.2, 0.25) is 0 Å². The van der Waals surface area contributed by atoms with Gasteiger partial charge < -0.3 is 11.1 Å². The van der Waals surface area contributed by atoms with Gasteiger partial charge in [0.15, 0.2) is 0 Å². The van der Waals surface area contributed by atoms with Crippen LogP contribution in [0, 0.1) is 5.41 Å². The largest absolute Gasteiger partial charge is 0.397 e. The van der Waals surface area contributed by atoms with Crippen LogP contribution in [-0.4, -0.2) is 5.91 Å². The number of carbonyl (C=O) groups excluding carboxylic acids is 1. The van der Waals surface area contributed by atoms with Gasteiger partial charge in [-0.05, 0) is 12.1 Å². The molecular formula is C12H20N2O. The number of rotatable bonds is 1. The van der Waals surface area contributed by atoms with Gasteiger partial charge in [0.05, 0.1) is 11.4 Å². The van der Waals surface area contributed by atoms with Gasteiger partial charge in [-0.15, -0.1) is 0 Å². The normalized spacial score (nSPS) is 10.3. The molecule has 0 aromatic heterocycles. The van der Waals surface area contributed by atoms with Crippen molar-refractivity contribution in [2.75, 3.05) is 11.1 Å². The molecule has 0 aliphatic heterocycles. The SMILES string of the molecule is C.CC(C)(C)C(=O)Nc1ccccc1N. The van der Waals surface area contributed by atoms with E-state index in [1.54, 1.807) is 12.1 Å². The van der Waals surface area contributed by atoms with Crippen molar-refractivity contribution < 1.29 is 4.79 Å². The van der Waals surface area contributed by atoms with E-state index in [0.29, 0.717) is 11.4 Å². The number of carbonyl (C=O) groups is 1. The number of hydrogen-bond donors (Lipinski definition) is 2. The highest BCUT2D eigenvalue weighted by atomic mass is 16.2. The lowest BCUT2D eigenvalue weighted by molar-refractivity contribution is -0.123. The standard InChI is InChI=1S/C11H16N2O.CH4/c1-11(2,3)10(14)13-9-7-5-4-6-8(9)12;/h4-7H,12H2,1-3H3,(H,13,14);1H4. The van der Waals surface area contributed by atoms with Crippen molar-refractivity contribution in [3.05, 3.63) is 24.3 Å². The van der Waals surface area contributed by atoms with E-state index in [1.165, 1.54) is 0 Å². The molecule has 3 nitrogen and oxygen atoms in total. The fourth-order valence-corrected chi connectivity index (χ4v) is 0.921. The predicted octanol–water partition coefficient (Wildman–Crippen LogP) is 2.89. The first-order chi connectivity index (χ1) is 6.41. The molecule has 1 amide bonds. The zero-order valence-electron chi connectivity index (χ0n) is 8.79. The quantitative estimate of drug-likeness (QED) is 0.697. The molecule has 84 valence electrons. The van der Waals surface area contributed by atoms with Crippen LogP contribution >= 0.6 is 0 Å². The molecule has 0 heterocycles. The Morgan fingerprint density at radius 3 is 2.27 bits per heavy atom. The average molecular weight is 208 g/mol. The summed E-state index contributed by atoms with van der Waals surface area (Å²) in [5.74, 6) is -0.0320. The van der Waals surface area contributed by atoms with Gasteiger partial charge in [-0.3, -0.25) is 4.79 Å². The minimum absolute atomic E-state index is 0. The Morgan fingerprint density at radius 1 is 1.27 bits per heavy atom. The molecule has 3 heteroatoms. The number of nitrogens with two attached hydrogens (primary N) is 1. The summed E-state index contributed by atoms with van der Waals surface area (Å²) in [6.45, 7) is 5.59. The third-order valence-corrected chi connectivity index (χ3v) is 1.89. The zero-order chi connectivity index (χ0) is 10.8. The molecule has 0 aliphatic carbocycles. The highest BCUT2D eigenvalue weighted by molar-refractivity contribution is 5.96. The third-order valence-electron chi connectivity index (χ3n) is 1.89. The molecule has 3 N–H and O–H groups in total. The highest BCUT2D eigenvalue weighted by Crippen LogP contribution is 2.21. The molecule has 15 heavy (non-hydrogen) atoms. The maximum absolute atomic E-state index is 11.6. The molecule has 0 spiro atoms. The Morgan fingerprint density at radius 2 is 1.80 bits per heavy atom. The second-order valence-electron chi connectivity index (χ2n) is 4.29. The first-order valence-corrected chi connectivity index (χ1v) is 4.57. The summed E-state index contributed by atoms with van der Waals surface area (Å²) in [5.41, 5.74) is 6.56. The van der Waals surface area contributed by atoms with Gasteiger partial charge in [-0.1, -0.05) is 40.3 Å². The lowest BCUT2D eigenvalue weighted by Gasteiger charge is -2.18. The second-order valence-corrected chi connectivity index (χ2v) is 4.29. The molecule has 0 saturated carbocycles. The predicted molar refractivity (Wildman–Crippen MR) is 65.7 cm³/mol. The number of para-hydroxylation sites is 2. The minimum atomic E-state index is -0.401. The maximum atomic E-state index is 11.6. The van der Waals surface area contributed by atoms with Crippen molar-refractivity contribution in [1.29, 1.82) is 0 Å². The van der Waals surface area contributed by atoms with Crippen LogP contribution in [0.5, 0.6) is 0 Å². The lowest BCUT2D eigenvalue weighted by Crippen LogP contribution is -2.27. The first kappa shape index (κ1) is 13.5. The van der Waals surface area contributed by atoms with E-state index in [4.69, 9.17) is 5.73 Å². The topological polar surface area (TPSA) is 55.1 Å². The molecule has 1 rings (SSSR count). The Kier molecular flexibility index (Phi) is 4.34. The molecule has 0 fully saturated rings. The van der Waals surface area contributed by atoms with Crippen LogP contribution in [0.15, 0.2) is 24.3 Å². The summed E-state index contributed by atoms with van der Waals surface area (Å²) in [5, 5.41) is 2.79. The van der Waals surface area contributed by atoms with Crippen LogP contribution in [0.4, 0.5) is 11.4 Å². The fourth-order valence-electron chi connectivity index (χ4n) is 0.921. The van der Waals surface area contributed by atoms with Crippen LogP contribution in [0.1, 0.15) is 28.2 Å². The highest BCUT2D eigenvalue weighted by Gasteiger charge is 2.21. The van der Waals surface area contributed by atoms with E-state index in [-0.39, 0.29) is 13.3 Å².